The first kappa shape index (κ1) is 27.1. The molecule has 1 saturated heterocycles. The number of ether oxygens (including phenoxy) is 2. The Morgan fingerprint density at radius 1 is 1.21 bits per heavy atom. The number of nitrogens with one attached hydrogen (secondary N) is 1. The average molecular weight is 542 g/mol. The number of hydrogen-bond acceptors (Lipinski definition) is 6. The predicted octanol–water partition coefficient (Wildman–Crippen LogP) is 5.55. The molecule has 1 aliphatic heterocycles. The Kier molecular flexibility index (Phi) is 6.88. The zero-order chi connectivity index (χ0) is 28.0. The highest BCUT2D eigenvalue weighted by Gasteiger charge is 2.58. The summed E-state index contributed by atoms with van der Waals surface area (Å²) in [5, 5.41) is 12.9. The minimum atomic E-state index is -4.65. The van der Waals surface area contributed by atoms with Crippen LogP contribution in [0.15, 0.2) is 48.7 Å². The molecule has 7 nitrogen and oxygen atoms in total. The van der Waals surface area contributed by atoms with Crippen molar-refractivity contribution in [1.29, 1.82) is 0 Å². The number of hydrogen-bond donors (Lipinski definition) is 2. The molecule has 0 spiro atoms. The molecule has 2 aromatic heterocycles. The highest BCUT2D eigenvalue weighted by atomic mass is 19.4. The van der Waals surface area contributed by atoms with Gasteiger partial charge >= 0.3 is 6.18 Å². The monoisotopic (exact) mass is 541 g/mol. The number of amides is 1. The third-order valence-electron chi connectivity index (χ3n) is 7.25. The lowest BCUT2D eigenvalue weighted by molar-refractivity contribution is -0.141. The van der Waals surface area contributed by atoms with E-state index >= 15 is 0 Å². The van der Waals surface area contributed by atoms with Gasteiger partial charge in [-0.05, 0) is 86.6 Å². The highest BCUT2D eigenvalue weighted by molar-refractivity contribution is 6.04. The van der Waals surface area contributed by atoms with Gasteiger partial charge in [-0.3, -0.25) is 9.78 Å². The molecule has 0 radical (unpaired) electrons. The van der Waals surface area contributed by atoms with Gasteiger partial charge in [-0.25, -0.2) is 4.98 Å². The van der Waals surface area contributed by atoms with Crippen LogP contribution in [0.5, 0.6) is 5.88 Å². The quantitative estimate of drug-likeness (QED) is 0.407. The summed E-state index contributed by atoms with van der Waals surface area (Å²) in [7, 11) is 0. The van der Waals surface area contributed by atoms with Crippen molar-refractivity contribution in [2.75, 3.05) is 25.1 Å². The van der Waals surface area contributed by atoms with Crippen molar-refractivity contribution in [2.24, 2.45) is 5.92 Å². The first-order valence-corrected chi connectivity index (χ1v) is 12.8. The summed E-state index contributed by atoms with van der Waals surface area (Å²) in [5.41, 5.74) is 1.51. The van der Waals surface area contributed by atoms with E-state index in [1.165, 1.54) is 6.07 Å². The number of pyridine rings is 2. The summed E-state index contributed by atoms with van der Waals surface area (Å²) < 4.78 is 50.7. The summed E-state index contributed by atoms with van der Waals surface area (Å²) in [6.45, 7) is 6.66. The smallest absolute Gasteiger partial charge is 0.433 e. The number of anilines is 1. The fourth-order valence-corrected chi connectivity index (χ4v) is 5.01. The third kappa shape index (κ3) is 5.91. The summed E-state index contributed by atoms with van der Waals surface area (Å²) >= 11 is 0. The Bertz CT molecular complexity index is 1400. The molecule has 2 fully saturated rings. The van der Waals surface area contributed by atoms with Gasteiger partial charge in [0.25, 0.3) is 5.91 Å². The Labute approximate surface area is 224 Å². The minimum absolute atomic E-state index is 0.0589. The third-order valence-corrected chi connectivity index (χ3v) is 7.25. The van der Waals surface area contributed by atoms with E-state index in [9.17, 15) is 23.1 Å². The number of benzene rings is 1. The average Bonchev–Trinajstić information content (AvgIpc) is 3.64. The number of aliphatic hydroxyl groups is 1. The molecule has 10 heteroatoms. The van der Waals surface area contributed by atoms with Crippen molar-refractivity contribution < 1.29 is 32.5 Å². The molecular weight excluding hydrogens is 511 g/mol. The van der Waals surface area contributed by atoms with Crippen LogP contribution < -0.4 is 10.1 Å². The van der Waals surface area contributed by atoms with Crippen molar-refractivity contribution in [2.45, 2.75) is 50.8 Å². The molecule has 2 unspecified atom stereocenters. The summed E-state index contributed by atoms with van der Waals surface area (Å²) in [6.07, 6.45) is -1.84. The van der Waals surface area contributed by atoms with E-state index in [1.54, 1.807) is 32.0 Å². The first-order valence-electron chi connectivity index (χ1n) is 12.8. The van der Waals surface area contributed by atoms with Crippen LogP contribution in [0.25, 0.3) is 11.1 Å². The van der Waals surface area contributed by atoms with Crippen molar-refractivity contribution >= 4 is 11.6 Å². The van der Waals surface area contributed by atoms with Crippen LogP contribution in [0.2, 0.25) is 0 Å². The maximum absolute atomic E-state index is 13.1. The summed E-state index contributed by atoms with van der Waals surface area (Å²) in [6, 6.07) is 11.1. The molecule has 1 aliphatic carbocycles. The highest BCUT2D eigenvalue weighted by Crippen LogP contribution is 2.58. The van der Waals surface area contributed by atoms with Gasteiger partial charge in [-0.2, -0.15) is 13.2 Å². The van der Waals surface area contributed by atoms with E-state index in [1.807, 2.05) is 19.1 Å². The molecule has 206 valence electrons. The second kappa shape index (κ2) is 9.91. The van der Waals surface area contributed by atoms with E-state index in [0.29, 0.717) is 30.7 Å². The lowest BCUT2D eigenvalue weighted by Crippen LogP contribution is -2.28. The van der Waals surface area contributed by atoms with Gasteiger partial charge in [-0.1, -0.05) is 6.07 Å². The Morgan fingerprint density at radius 2 is 2.00 bits per heavy atom. The number of alkyl halides is 3. The van der Waals surface area contributed by atoms with Gasteiger partial charge in [0.05, 0.1) is 17.9 Å². The fourth-order valence-electron chi connectivity index (χ4n) is 5.01. The lowest BCUT2D eigenvalue weighted by Gasteiger charge is -2.24. The molecule has 1 aromatic carbocycles. The summed E-state index contributed by atoms with van der Waals surface area (Å²) in [5.74, 6) is 0.107. The van der Waals surface area contributed by atoms with Crippen LogP contribution in [0.4, 0.5) is 18.9 Å². The number of fused-ring (bicyclic) bond motifs is 1. The Morgan fingerprint density at radius 3 is 2.72 bits per heavy atom. The Balaban J connectivity index is 1.47. The number of nitrogens with zero attached hydrogens (tertiary/aromatic N) is 2. The molecule has 3 aromatic rings. The number of carbonyl (C=O) groups is 1. The van der Waals surface area contributed by atoms with Crippen LogP contribution in [0.3, 0.4) is 0 Å². The molecule has 2 atom stereocenters. The molecule has 2 N–H and O–H groups in total. The first-order chi connectivity index (χ1) is 18.3. The van der Waals surface area contributed by atoms with Crippen molar-refractivity contribution in [1.82, 2.24) is 9.97 Å². The molecule has 1 saturated carbocycles. The second-order valence-electron chi connectivity index (χ2n) is 11.0. The van der Waals surface area contributed by atoms with Crippen LogP contribution in [-0.4, -0.2) is 46.4 Å². The largest absolute Gasteiger partial charge is 0.475 e. The van der Waals surface area contributed by atoms with Gasteiger partial charge in [-0.15, -0.1) is 0 Å². The molecule has 1 amide bonds. The second-order valence-corrected chi connectivity index (χ2v) is 11.0. The number of halogens is 3. The number of aromatic nitrogens is 2. The van der Waals surface area contributed by atoms with Crippen LogP contribution >= 0.6 is 0 Å². The normalized spacial score (nSPS) is 20.7. The van der Waals surface area contributed by atoms with Gasteiger partial charge in [0, 0.05) is 35.5 Å². The van der Waals surface area contributed by atoms with Crippen LogP contribution in [0.1, 0.15) is 54.0 Å². The van der Waals surface area contributed by atoms with Crippen molar-refractivity contribution in [3.05, 3.63) is 71.2 Å². The minimum Gasteiger partial charge on any atom is -0.475 e. The van der Waals surface area contributed by atoms with Gasteiger partial charge in [0.2, 0.25) is 5.88 Å². The standard InChI is InChI=1S/C29H30F3N3O4/c1-17-4-5-21(34-26(36)18-6-8-33-24(10-18)29(30,31)32)13-22(17)19-11-23(28-7-9-38-15-20(28)14-28)35-25(12-19)39-16-27(2,3)37/h4-6,8,10-13,20,37H,7,9,14-16H2,1-3H3,(H,34,36). The van der Waals surface area contributed by atoms with E-state index in [-0.39, 0.29) is 17.6 Å². The SMILES string of the molecule is Cc1ccc(NC(=O)c2ccnc(C(F)(F)F)c2)cc1-c1cc(OCC(C)(C)O)nc(C23CCOCC2C3)c1. The zero-order valence-corrected chi connectivity index (χ0v) is 21.9. The number of carbonyl (C=O) groups excluding carboxylic acids is 1. The fraction of sp³-hybridized carbons (Fsp3) is 0.414. The molecule has 3 heterocycles. The van der Waals surface area contributed by atoms with Crippen LogP contribution in [-0.2, 0) is 16.3 Å². The van der Waals surface area contributed by atoms with Gasteiger partial charge < -0.3 is 19.9 Å². The van der Waals surface area contributed by atoms with Gasteiger partial charge in [0.15, 0.2) is 0 Å². The number of rotatable bonds is 7. The maximum Gasteiger partial charge on any atom is 0.433 e. The summed E-state index contributed by atoms with van der Waals surface area (Å²) in [4.78, 5) is 20.9. The van der Waals surface area contributed by atoms with E-state index in [0.717, 1.165) is 47.5 Å². The van der Waals surface area contributed by atoms with E-state index < -0.39 is 23.4 Å². The molecule has 5 rings (SSSR count). The maximum atomic E-state index is 13.1. The zero-order valence-electron chi connectivity index (χ0n) is 21.9. The lowest BCUT2D eigenvalue weighted by atomic mass is 9.90. The van der Waals surface area contributed by atoms with E-state index in [2.05, 4.69) is 10.3 Å². The van der Waals surface area contributed by atoms with Crippen LogP contribution in [0, 0.1) is 12.8 Å². The number of aryl methyl sites for hydroxylation is 1. The van der Waals surface area contributed by atoms with Crippen molar-refractivity contribution in [3.8, 4) is 17.0 Å². The Hall–Kier alpha value is -3.50. The molecule has 39 heavy (non-hydrogen) atoms. The van der Waals surface area contributed by atoms with Crippen molar-refractivity contribution in [3.63, 3.8) is 0 Å². The molecular formula is C29H30F3N3O4. The predicted molar refractivity (Wildman–Crippen MR) is 139 cm³/mol. The topological polar surface area (TPSA) is 93.6 Å². The molecule has 2 aliphatic rings. The molecule has 0 bridgehead atoms. The van der Waals surface area contributed by atoms with E-state index in [4.69, 9.17) is 14.5 Å². The van der Waals surface area contributed by atoms with Gasteiger partial charge in [0.1, 0.15) is 12.3 Å².